The molecule has 1 aliphatic rings. The van der Waals surface area contributed by atoms with Crippen molar-refractivity contribution in [1.82, 2.24) is 9.97 Å². The monoisotopic (exact) mass is 255 g/mol. The standard InChI is InChI=1S/C15H17N3O/c1-16-15-17-9-8-14(18-15)19-13-7-6-11-4-2-3-5-12(11)10-13/h6-10H,2-5H2,1H3,(H,16,17,18). The second-order valence-corrected chi connectivity index (χ2v) is 4.71. The van der Waals surface area contributed by atoms with Gasteiger partial charge in [-0.15, -0.1) is 0 Å². The van der Waals surface area contributed by atoms with Gasteiger partial charge in [-0.25, -0.2) is 4.98 Å². The minimum atomic E-state index is 0.565. The van der Waals surface area contributed by atoms with Crippen molar-refractivity contribution in [2.45, 2.75) is 25.7 Å². The molecule has 1 aliphatic carbocycles. The van der Waals surface area contributed by atoms with Crippen LogP contribution in [-0.2, 0) is 12.8 Å². The number of benzene rings is 1. The fourth-order valence-electron chi connectivity index (χ4n) is 2.41. The van der Waals surface area contributed by atoms with Gasteiger partial charge in [0.25, 0.3) is 0 Å². The molecule has 19 heavy (non-hydrogen) atoms. The number of nitrogens with zero attached hydrogens (tertiary/aromatic N) is 2. The predicted octanol–water partition coefficient (Wildman–Crippen LogP) is 3.19. The molecule has 0 bridgehead atoms. The van der Waals surface area contributed by atoms with E-state index in [1.165, 1.54) is 30.4 Å². The minimum absolute atomic E-state index is 0.565. The van der Waals surface area contributed by atoms with Crippen LogP contribution in [0.25, 0.3) is 0 Å². The smallest absolute Gasteiger partial charge is 0.225 e. The maximum atomic E-state index is 5.80. The van der Waals surface area contributed by atoms with Crippen molar-refractivity contribution in [3.8, 4) is 11.6 Å². The lowest BCUT2D eigenvalue weighted by Gasteiger charge is -2.16. The van der Waals surface area contributed by atoms with Crippen molar-refractivity contribution >= 4 is 5.95 Å². The number of rotatable bonds is 3. The van der Waals surface area contributed by atoms with Crippen molar-refractivity contribution in [2.75, 3.05) is 12.4 Å². The number of anilines is 1. The Hall–Kier alpha value is -2.10. The highest BCUT2D eigenvalue weighted by atomic mass is 16.5. The summed E-state index contributed by atoms with van der Waals surface area (Å²) in [5.41, 5.74) is 2.86. The van der Waals surface area contributed by atoms with E-state index in [0.717, 1.165) is 12.2 Å². The van der Waals surface area contributed by atoms with E-state index in [2.05, 4.69) is 27.4 Å². The van der Waals surface area contributed by atoms with Crippen molar-refractivity contribution in [3.63, 3.8) is 0 Å². The highest BCUT2D eigenvalue weighted by Gasteiger charge is 2.10. The zero-order chi connectivity index (χ0) is 13.1. The van der Waals surface area contributed by atoms with E-state index in [1.54, 1.807) is 19.3 Å². The van der Waals surface area contributed by atoms with E-state index < -0.39 is 0 Å². The summed E-state index contributed by atoms with van der Waals surface area (Å²) in [6.45, 7) is 0. The molecule has 98 valence electrons. The molecular weight excluding hydrogens is 238 g/mol. The summed E-state index contributed by atoms with van der Waals surface area (Å²) in [4.78, 5) is 8.32. The molecule has 3 rings (SSSR count). The van der Waals surface area contributed by atoms with Gasteiger partial charge in [0, 0.05) is 19.3 Å². The van der Waals surface area contributed by atoms with E-state index in [9.17, 15) is 0 Å². The molecule has 1 heterocycles. The van der Waals surface area contributed by atoms with Crippen LogP contribution in [0.5, 0.6) is 11.6 Å². The largest absolute Gasteiger partial charge is 0.439 e. The molecule has 0 unspecified atom stereocenters. The van der Waals surface area contributed by atoms with Gasteiger partial charge in [0.1, 0.15) is 5.75 Å². The Morgan fingerprint density at radius 1 is 1.11 bits per heavy atom. The Kier molecular flexibility index (Phi) is 3.31. The molecule has 1 aromatic carbocycles. The van der Waals surface area contributed by atoms with E-state index in [1.807, 2.05) is 6.07 Å². The van der Waals surface area contributed by atoms with Gasteiger partial charge in [-0.3, -0.25) is 0 Å². The van der Waals surface area contributed by atoms with Crippen LogP contribution in [0.2, 0.25) is 0 Å². The fraction of sp³-hybridized carbons (Fsp3) is 0.333. The van der Waals surface area contributed by atoms with Crippen LogP contribution in [0.15, 0.2) is 30.5 Å². The first-order valence-corrected chi connectivity index (χ1v) is 6.65. The minimum Gasteiger partial charge on any atom is -0.439 e. The van der Waals surface area contributed by atoms with Gasteiger partial charge in [-0.2, -0.15) is 4.98 Å². The van der Waals surface area contributed by atoms with Crippen molar-refractivity contribution in [3.05, 3.63) is 41.6 Å². The quantitative estimate of drug-likeness (QED) is 0.915. The Morgan fingerprint density at radius 2 is 1.95 bits per heavy atom. The van der Waals surface area contributed by atoms with Gasteiger partial charge in [-0.05, 0) is 48.9 Å². The summed E-state index contributed by atoms with van der Waals surface area (Å²) in [6.07, 6.45) is 6.59. The van der Waals surface area contributed by atoms with E-state index in [4.69, 9.17) is 4.74 Å². The third-order valence-electron chi connectivity index (χ3n) is 3.40. The molecule has 4 nitrogen and oxygen atoms in total. The lowest BCUT2D eigenvalue weighted by atomic mass is 9.92. The van der Waals surface area contributed by atoms with Crippen LogP contribution in [0, 0.1) is 0 Å². The maximum Gasteiger partial charge on any atom is 0.225 e. The molecule has 2 aromatic rings. The van der Waals surface area contributed by atoms with Gasteiger partial charge in [0.05, 0.1) is 0 Å². The molecule has 0 saturated carbocycles. The Labute approximate surface area is 112 Å². The molecule has 0 spiro atoms. The highest BCUT2D eigenvalue weighted by molar-refractivity contribution is 5.39. The molecule has 0 amide bonds. The van der Waals surface area contributed by atoms with Crippen LogP contribution in [0.3, 0.4) is 0 Å². The molecule has 0 atom stereocenters. The normalized spacial score (nSPS) is 13.7. The lowest BCUT2D eigenvalue weighted by Crippen LogP contribution is -2.02. The number of aryl methyl sites for hydroxylation is 2. The zero-order valence-corrected chi connectivity index (χ0v) is 11.0. The molecule has 4 heteroatoms. The summed E-state index contributed by atoms with van der Waals surface area (Å²) in [6, 6.07) is 8.09. The maximum absolute atomic E-state index is 5.80. The van der Waals surface area contributed by atoms with Crippen molar-refractivity contribution in [1.29, 1.82) is 0 Å². The van der Waals surface area contributed by atoms with Gasteiger partial charge >= 0.3 is 0 Å². The van der Waals surface area contributed by atoms with Crippen LogP contribution in [-0.4, -0.2) is 17.0 Å². The second-order valence-electron chi connectivity index (χ2n) is 4.71. The number of hydrogen-bond acceptors (Lipinski definition) is 4. The third-order valence-corrected chi connectivity index (χ3v) is 3.40. The first-order valence-electron chi connectivity index (χ1n) is 6.65. The average molecular weight is 255 g/mol. The average Bonchev–Trinajstić information content (AvgIpc) is 2.47. The number of nitrogens with one attached hydrogen (secondary N) is 1. The summed E-state index contributed by atoms with van der Waals surface area (Å²) >= 11 is 0. The Morgan fingerprint density at radius 3 is 2.79 bits per heavy atom. The van der Waals surface area contributed by atoms with Gasteiger partial charge in [0.2, 0.25) is 11.8 Å². The van der Waals surface area contributed by atoms with Crippen molar-refractivity contribution in [2.24, 2.45) is 0 Å². The predicted molar refractivity (Wildman–Crippen MR) is 74.7 cm³/mol. The first-order chi connectivity index (χ1) is 9.35. The SMILES string of the molecule is CNc1nccc(Oc2ccc3c(c2)CCCC3)n1. The molecule has 0 saturated heterocycles. The zero-order valence-electron chi connectivity index (χ0n) is 11.0. The van der Waals surface area contributed by atoms with Crippen LogP contribution in [0.4, 0.5) is 5.95 Å². The van der Waals surface area contributed by atoms with Crippen LogP contribution >= 0.6 is 0 Å². The van der Waals surface area contributed by atoms with E-state index in [-0.39, 0.29) is 0 Å². The van der Waals surface area contributed by atoms with Gasteiger partial charge in [-0.1, -0.05) is 6.07 Å². The van der Waals surface area contributed by atoms with Gasteiger partial charge < -0.3 is 10.1 Å². The number of fused-ring (bicyclic) bond motifs is 1. The topological polar surface area (TPSA) is 47.0 Å². The molecular formula is C15H17N3O. The molecule has 0 aliphatic heterocycles. The van der Waals surface area contributed by atoms with Gasteiger partial charge in [0.15, 0.2) is 0 Å². The Bertz CT molecular complexity index is 583. The third kappa shape index (κ3) is 2.67. The second kappa shape index (κ2) is 5.26. The van der Waals surface area contributed by atoms with Crippen molar-refractivity contribution < 1.29 is 4.74 Å². The van der Waals surface area contributed by atoms with Crippen LogP contribution < -0.4 is 10.1 Å². The molecule has 0 fully saturated rings. The highest BCUT2D eigenvalue weighted by Crippen LogP contribution is 2.27. The summed E-state index contributed by atoms with van der Waals surface area (Å²) < 4.78 is 5.80. The van der Waals surface area contributed by atoms with E-state index >= 15 is 0 Å². The van der Waals surface area contributed by atoms with E-state index in [0.29, 0.717) is 11.8 Å². The molecule has 1 aromatic heterocycles. The lowest BCUT2D eigenvalue weighted by molar-refractivity contribution is 0.461. The first kappa shape index (κ1) is 12.0. The Balaban J connectivity index is 1.82. The summed E-state index contributed by atoms with van der Waals surface area (Å²) in [7, 11) is 1.79. The molecule has 1 N–H and O–H groups in total. The fourth-order valence-corrected chi connectivity index (χ4v) is 2.41. The number of aromatic nitrogens is 2. The number of hydrogen-bond donors (Lipinski definition) is 1. The number of ether oxygens (including phenoxy) is 1. The molecule has 0 radical (unpaired) electrons. The summed E-state index contributed by atoms with van der Waals surface area (Å²) in [5, 5.41) is 2.90. The summed E-state index contributed by atoms with van der Waals surface area (Å²) in [5.74, 6) is 1.98. The van der Waals surface area contributed by atoms with Crippen LogP contribution in [0.1, 0.15) is 24.0 Å².